The molecule has 0 saturated carbocycles. The van der Waals surface area contributed by atoms with E-state index in [1.54, 1.807) is 0 Å². The van der Waals surface area contributed by atoms with Crippen LogP contribution >= 0.6 is 0 Å². The summed E-state index contributed by atoms with van der Waals surface area (Å²) in [4.78, 5) is 17.2. The van der Waals surface area contributed by atoms with Crippen molar-refractivity contribution in [2.75, 3.05) is 26.2 Å². The zero-order valence-electron chi connectivity index (χ0n) is 12.9. The Morgan fingerprint density at radius 2 is 1.86 bits per heavy atom. The summed E-state index contributed by atoms with van der Waals surface area (Å²) in [6, 6.07) is 11.5. The molecule has 0 aliphatic carbocycles. The Kier molecular flexibility index (Phi) is 3.66. The molecule has 4 heterocycles. The van der Waals surface area contributed by atoms with Crippen molar-refractivity contribution in [3.63, 3.8) is 0 Å². The lowest BCUT2D eigenvalue weighted by atomic mass is 9.75. The molecule has 4 fully saturated rings. The Balaban J connectivity index is 1.68. The molecule has 1 N–H and O–H groups in total. The lowest BCUT2D eigenvalue weighted by molar-refractivity contribution is -0.136. The van der Waals surface area contributed by atoms with E-state index in [4.69, 9.17) is 5.11 Å². The van der Waals surface area contributed by atoms with Crippen molar-refractivity contribution in [3.05, 3.63) is 35.9 Å². The number of likely N-dealkylation sites (tertiary alicyclic amines) is 1. The van der Waals surface area contributed by atoms with Crippen LogP contribution in [0.4, 0.5) is 0 Å². The molecule has 1 aromatic rings. The maximum Gasteiger partial charge on any atom is 0.225 e. The predicted octanol–water partition coefficient (Wildman–Crippen LogP) is 1.46. The highest BCUT2D eigenvalue weighted by Gasteiger charge is 2.54. The smallest absolute Gasteiger partial charge is 0.225 e. The zero-order valence-corrected chi connectivity index (χ0v) is 12.9. The lowest BCUT2D eigenvalue weighted by Crippen LogP contribution is -2.60. The highest BCUT2D eigenvalue weighted by atomic mass is 16.3. The summed E-state index contributed by atoms with van der Waals surface area (Å²) in [5.74, 6) is 1.19. The molecule has 0 aromatic heterocycles. The van der Waals surface area contributed by atoms with Gasteiger partial charge in [0.2, 0.25) is 5.91 Å². The Morgan fingerprint density at radius 3 is 2.55 bits per heavy atom. The van der Waals surface area contributed by atoms with Gasteiger partial charge < -0.3 is 10.0 Å². The summed E-state index contributed by atoms with van der Waals surface area (Å²) in [5, 5.41) is 9.15. The summed E-state index contributed by atoms with van der Waals surface area (Å²) in [6.07, 6.45) is 2.69. The number of aliphatic hydroxyl groups is 1. The minimum absolute atomic E-state index is 0.0445. The number of piperidine rings is 3. The van der Waals surface area contributed by atoms with E-state index in [-0.39, 0.29) is 18.9 Å². The SMILES string of the molecule is O=C(CCO)N1C[C@@H](c2ccccc2)[C@@H]2[C@H]1C1CCN2CC1. The van der Waals surface area contributed by atoms with Crippen LogP contribution in [0.5, 0.6) is 0 Å². The minimum atomic E-state index is -0.0445. The third kappa shape index (κ3) is 2.17. The summed E-state index contributed by atoms with van der Waals surface area (Å²) in [5.41, 5.74) is 1.35. The fourth-order valence-corrected chi connectivity index (χ4v) is 4.94. The van der Waals surface area contributed by atoms with E-state index in [2.05, 4.69) is 40.1 Å². The molecule has 4 aliphatic rings. The molecule has 22 heavy (non-hydrogen) atoms. The number of aliphatic hydroxyl groups excluding tert-OH is 1. The number of carbonyl (C=O) groups excluding carboxylic acids is 1. The van der Waals surface area contributed by atoms with Gasteiger partial charge >= 0.3 is 0 Å². The molecule has 4 aliphatic heterocycles. The lowest BCUT2D eigenvalue weighted by Gasteiger charge is -2.51. The number of hydrogen-bond acceptors (Lipinski definition) is 3. The van der Waals surface area contributed by atoms with Gasteiger partial charge in [-0.2, -0.15) is 0 Å². The highest BCUT2D eigenvalue weighted by Crippen LogP contribution is 2.46. The Hall–Kier alpha value is -1.39. The van der Waals surface area contributed by atoms with Gasteiger partial charge in [-0.1, -0.05) is 30.3 Å². The van der Waals surface area contributed by atoms with Gasteiger partial charge in [0.1, 0.15) is 0 Å². The summed E-state index contributed by atoms with van der Waals surface area (Å²) in [6.45, 7) is 3.12. The van der Waals surface area contributed by atoms with Gasteiger partial charge in [0.15, 0.2) is 0 Å². The summed E-state index contributed by atoms with van der Waals surface area (Å²) < 4.78 is 0. The van der Waals surface area contributed by atoms with E-state index in [0.717, 1.165) is 6.54 Å². The minimum Gasteiger partial charge on any atom is -0.396 e. The van der Waals surface area contributed by atoms with Crippen LogP contribution in [-0.2, 0) is 4.79 Å². The first-order chi connectivity index (χ1) is 10.8. The van der Waals surface area contributed by atoms with Crippen LogP contribution in [0.25, 0.3) is 0 Å². The second-order valence-corrected chi connectivity index (χ2v) is 6.89. The molecular formula is C18H24N2O2. The topological polar surface area (TPSA) is 43.8 Å². The van der Waals surface area contributed by atoms with Crippen LogP contribution < -0.4 is 0 Å². The molecular weight excluding hydrogens is 276 g/mol. The second kappa shape index (κ2) is 5.67. The molecule has 4 nitrogen and oxygen atoms in total. The van der Waals surface area contributed by atoms with Crippen molar-refractivity contribution in [2.45, 2.75) is 37.3 Å². The summed E-state index contributed by atoms with van der Waals surface area (Å²) >= 11 is 0. The molecule has 4 saturated heterocycles. The quantitative estimate of drug-likeness (QED) is 0.919. The standard InChI is InChI=1S/C18H24N2O2/c21-11-8-16(22)20-12-15(13-4-2-1-3-5-13)18-17(20)14-6-9-19(18)10-7-14/h1-5,14-15,17-18,21H,6-12H2/t15-,17+,18+/m0/s1. The summed E-state index contributed by atoms with van der Waals surface area (Å²) in [7, 11) is 0. The Morgan fingerprint density at radius 1 is 1.14 bits per heavy atom. The van der Waals surface area contributed by atoms with Gasteiger partial charge in [0.25, 0.3) is 0 Å². The number of nitrogens with zero attached hydrogens (tertiary/aromatic N) is 2. The van der Waals surface area contributed by atoms with E-state index >= 15 is 0 Å². The number of amides is 1. The van der Waals surface area contributed by atoms with E-state index in [9.17, 15) is 4.79 Å². The maximum absolute atomic E-state index is 12.5. The molecule has 4 heteroatoms. The first kappa shape index (κ1) is 14.2. The second-order valence-electron chi connectivity index (χ2n) is 6.89. The molecule has 0 spiro atoms. The van der Waals surface area contributed by atoms with Crippen LogP contribution in [0.2, 0.25) is 0 Å². The molecule has 0 radical (unpaired) electrons. The Bertz CT molecular complexity index is 539. The number of benzene rings is 1. The normalized spacial score (nSPS) is 36.4. The van der Waals surface area contributed by atoms with Crippen molar-refractivity contribution in [3.8, 4) is 0 Å². The molecule has 2 bridgehead atoms. The van der Waals surface area contributed by atoms with Crippen LogP contribution in [-0.4, -0.2) is 59.1 Å². The fourth-order valence-electron chi connectivity index (χ4n) is 4.94. The monoisotopic (exact) mass is 300 g/mol. The fraction of sp³-hybridized carbons (Fsp3) is 0.611. The highest BCUT2D eigenvalue weighted by molar-refractivity contribution is 5.77. The maximum atomic E-state index is 12.5. The van der Waals surface area contributed by atoms with Gasteiger partial charge in [0.05, 0.1) is 12.6 Å². The first-order valence-electron chi connectivity index (χ1n) is 8.49. The molecule has 1 aromatic carbocycles. The van der Waals surface area contributed by atoms with Crippen LogP contribution in [0.3, 0.4) is 0 Å². The molecule has 0 unspecified atom stereocenters. The number of carbonyl (C=O) groups is 1. The van der Waals surface area contributed by atoms with Crippen molar-refractivity contribution in [1.29, 1.82) is 0 Å². The van der Waals surface area contributed by atoms with Gasteiger partial charge in [-0.3, -0.25) is 9.69 Å². The van der Waals surface area contributed by atoms with Gasteiger partial charge in [-0.05, 0) is 37.4 Å². The average Bonchev–Trinajstić information content (AvgIpc) is 3.00. The van der Waals surface area contributed by atoms with E-state index in [1.165, 1.54) is 31.5 Å². The largest absolute Gasteiger partial charge is 0.396 e. The molecule has 5 rings (SSSR count). The van der Waals surface area contributed by atoms with Crippen LogP contribution in [0.1, 0.15) is 30.7 Å². The first-order valence-corrected chi connectivity index (χ1v) is 8.49. The van der Waals surface area contributed by atoms with Crippen molar-refractivity contribution in [1.82, 2.24) is 9.80 Å². The van der Waals surface area contributed by atoms with Gasteiger partial charge in [0, 0.05) is 24.9 Å². The van der Waals surface area contributed by atoms with Crippen molar-refractivity contribution in [2.24, 2.45) is 5.92 Å². The number of fused-ring (bicyclic) bond motifs is 2. The van der Waals surface area contributed by atoms with Crippen molar-refractivity contribution >= 4 is 5.91 Å². The van der Waals surface area contributed by atoms with Gasteiger partial charge in [-0.15, -0.1) is 0 Å². The Labute approximate surface area is 131 Å². The average molecular weight is 300 g/mol. The molecule has 3 atom stereocenters. The van der Waals surface area contributed by atoms with E-state index in [1.807, 2.05) is 0 Å². The van der Waals surface area contributed by atoms with Gasteiger partial charge in [-0.25, -0.2) is 0 Å². The van der Waals surface area contributed by atoms with Crippen LogP contribution in [0.15, 0.2) is 30.3 Å². The third-order valence-electron chi connectivity index (χ3n) is 5.87. The predicted molar refractivity (Wildman–Crippen MR) is 84.5 cm³/mol. The van der Waals surface area contributed by atoms with Crippen LogP contribution in [0, 0.1) is 5.92 Å². The third-order valence-corrected chi connectivity index (χ3v) is 5.87. The zero-order chi connectivity index (χ0) is 15.1. The van der Waals surface area contributed by atoms with E-state index in [0.29, 0.717) is 23.9 Å². The number of rotatable bonds is 3. The number of hydrogen-bond donors (Lipinski definition) is 1. The molecule has 118 valence electrons. The molecule has 1 amide bonds. The van der Waals surface area contributed by atoms with E-state index < -0.39 is 0 Å². The van der Waals surface area contributed by atoms with Crippen molar-refractivity contribution < 1.29 is 9.90 Å².